The zero-order valence-corrected chi connectivity index (χ0v) is 12.6. The Hall–Kier alpha value is -1.46. The summed E-state index contributed by atoms with van der Waals surface area (Å²) in [4.78, 5) is 20.9. The van der Waals surface area contributed by atoms with Crippen LogP contribution in [0.5, 0.6) is 0 Å². The van der Waals surface area contributed by atoms with Crippen LogP contribution in [0.2, 0.25) is 0 Å². The highest BCUT2D eigenvalue weighted by atomic mass is 16.3. The third kappa shape index (κ3) is 3.16. The van der Waals surface area contributed by atoms with Gasteiger partial charge in [0.2, 0.25) is 0 Å². The van der Waals surface area contributed by atoms with E-state index in [-0.39, 0.29) is 11.9 Å². The van der Waals surface area contributed by atoms with Gasteiger partial charge in [0.1, 0.15) is 0 Å². The molecule has 1 aliphatic heterocycles. The number of hydrogen-bond donors (Lipinski definition) is 1. The number of likely N-dealkylation sites (N-methyl/N-ethyl adjacent to an activating group) is 1. The standard InChI is InChI=1S/C15H23N3O2/c1-10-5-6-14(11(2)16-10)15(20)18-9-13(19)7-12(18)8-17(3)4/h5-6,12-13,19H,7-9H2,1-4H3. The lowest BCUT2D eigenvalue weighted by Gasteiger charge is -2.27. The molecule has 1 aromatic rings. The Bertz CT molecular complexity index is 502. The van der Waals surface area contributed by atoms with Crippen LogP contribution in [0.1, 0.15) is 28.2 Å². The fraction of sp³-hybridized carbons (Fsp3) is 0.600. The molecule has 2 unspecified atom stereocenters. The van der Waals surface area contributed by atoms with E-state index < -0.39 is 6.10 Å². The molecule has 0 bridgehead atoms. The number of aromatic nitrogens is 1. The Balaban J connectivity index is 2.22. The highest BCUT2D eigenvalue weighted by Crippen LogP contribution is 2.22. The highest BCUT2D eigenvalue weighted by molar-refractivity contribution is 5.95. The van der Waals surface area contributed by atoms with Crippen molar-refractivity contribution < 1.29 is 9.90 Å². The first-order chi connectivity index (χ1) is 9.38. The number of nitrogens with zero attached hydrogens (tertiary/aromatic N) is 3. The molecule has 5 nitrogen and oxygen atoms in total. The Morgan fingerprint density at radius 3 is 2.75 bits per heavy atom. The molecule has 1 aromatic heterocycles. The maximum Gasteiger partial charge on any atom is 0.256 e. The summed E-state index contributed by atoms with van der Waals surface area (Å²) in [6.07, 6.45) is 0.213. The molecule has 2 atom stereocenters. The van der Waals surface area contributed by atoms with E-state index in [1.54, 1.807) is 4.90 Å². The van der Waals surface area contributed by atoms with Crippen LogP contribution in [0.15, 0.2) is 12.1 Å². The van der Waals surface area contributed by atoms with Crippen LogP contribution in [0, 0.1) is 13.8 Å². The van der Waals surface area contributed by atoms with Crippen molar-refractivity contribution >= 4 is 5.91 Å². The van der Waals surface area contributed by atoms with Gasteiger partial charge in [-0.15, -0.1) is 0 Å². The van der Waals surface area contributed by atoms with E-state index in [9.17, 15) is 9.90 Å². The number of aliphatic hydroxyl groups is 1. The molecule has 2 rings (SSSR count). The molecule has 5 heteroatoms. The van der Waals surface area contributed by atoms with Crippen LogP contribution in [0.3, 0.4) is 0 Å². The van der Waals surface area contributed by atoms with Gasteiger partial charge < -0.3 is 14.9 Å². The summed E-state index contributed by atoms with van der Waals surface area (Å²) in [5, 5.41) is 9.86. The van der Waals surface area contributed by atoms with E-state index in [1.807, 2.05) is 45.0 Å². The van der Waals surface area contributed by atoms with Crippen LogP contribution in [0.25, 0.3) is 0 Å². The third-order valence-electron chi connectivity index (χ3n) is 3.68. The molecule has 2 heterocycles. The van der Waals surface area contributed by atoms with Gasteiger partial charge in [-0.25, -0.2) is 0 Å². The Morgan fingerprint density at radius 1 is 1.45 bits per heavy atom. The first-order valence-electron chi connectivity index (χ1n) is 6.96. The van der Waals surface area contributed by atoms with Gasteiger partial charge in [-0.3, -0.25) is 9.78 Å². The zero-order chi connectivity index (χ0) is 14.9. The Labute approximate surface area is 120 Å². The summed E-state index contributed by atoms with van der Waals surface area (Å²) in [6.45, 7) is 4.94. The molecular formula is C15H23N3O2. The third-order valence-corrected chi connectivity index (χ3v) is 3.68. The molecule has 0 saturated carbocycles. The van der Waals surface area contributed by atoms with E-state index in [0.29, 0.717) is 18.5 Å². The van der Waals surface area contributed by atoms with E-state index in [0.717, 1.165) is 17.9 Å². The van der Waals surface area contributed by atoms with Crippen LogP contribution in [0.4, 0.5) is 0 Å². The van der Waals surface area contributed by atoms with Gasteiger partial charge in [-0.1, -0.05) is 0 Å². The predicted octanol–water partition coefficient (Wildman–Crippen LogP) is 0.835. The van der Waals surface area contributed by atoms with Crippen molar-refractivity contribution in [2.24, 2.45) is 0 Å². The largest absolute Gasteiger partial charge is 0.391 e. The lowest BCUT2D eigenvalue weighted by Crippen LogP contribution is -2.41. The lowest BCUT2D eigenvalue weighted by atomic mass is 10.1. The number of aryl methyl sites for hydroxylation is 2. The zero-order valence-electron chi connectivity index (χ0n) is 12.6. The quantitative estimate of drug-likeness (QED) is 0.889. The molecule has 1 amide bonds. The van der Waals surface area contributed by atoms with Crippen molar-refractivity contribution in [3.05, 3.63) is 29.1 Å². The number of carbonyl (C=O) groups excluding carboxylic acids is 1. The number of carbonyl (C=O) groups is 1. The van der Waals surface area contributed by atoms with Crippen molar-refractivity contribution in [1.29, 1.82) is 0 Å². The average Bonchev–Trinajstić information content (AvgIpc) is 2.68. The van der Waals surface area contributed by atoms with Crippen molar-refractivity contribution in [1.82, 2.24) is 14.8 Å². The molecule has 1 N–H and O–H groups in total. The Kier molecular flexibility index (Phi) is 4.40. The van der Waals surface area contributed by atoms with Gasteiger partial charge in [0.05, 0.1) is 17.4 Å². The lowest BCUT2D eigenvalue weighted by molar-refractivity contribution is 0.0698. The summed E-state index contributed by atoms with van der Waals surface area (Å²) < 4.78 is 0. The van der Waals surface area contributed by atoms with Crippen molar-refractivity contribution in [3.63, 3.8) is 0 Å². The van der Waals surface area contributed by atoms with Gasteiger partial charge in [0.25, 0.3) is 5.91 Å². The summed E-state index contributed by atoms with van der Waals surface area (Å²) in [5.74, 6) is -0.0293. The summed E-state index contributed by atoms with van der Waals surface area (Å²) >= 11 is 0. The second-order valence-corrected chi connectivity index (χ2v) is 5.85. The van der Waals surface area contributed by atoms with Gasteiger partial charge in [-0.05, 0) is 46.5 Å². The van der Waals surface area contributed by atoms with Crippen molar-refractivity contribution in [3.8, 4) is 0 Å². The summed E-state index contributed by atoms with van der Waals surface area (Å²) in [5.41, 5.74) is 2.29. The van der Waals surface area contributed by atoms with Crippen LogP contribution in [-0.2, 0) is 0 Å². The molecule has 1 saturated heterocycles. The molecule has 0 radical (unpaired) electrons. The highest BCUT2D eigenvalue weighted by Gasteiger charge is 2.35. The smallest absolute Gasteiger partial charge is 0.256 e. The fourth-order valence-electron chi connectivity index (χ4n) is 2.80. The van der Waals surface area contributed by atoms with Gasteiger partial charge >= 0.3 is 0 Å². The molecule has 0 aromatic carbocycles. The molecule has 20 heavy (non-hydrogen) atoms. The maximum absolute atomic E-state index is 12.7. The van der Waals surface area contributed by atoms with E-state index in [4.69, 9.17) is 0 Å². The number of β-amino-alcohol motifs (C(OH)–C–C–N with tert-alkyl or cyclic N) is 1. The van der Waals surface area contributed by atoms with E-state index in [1.165, 1.54) is 0 Å². The number of aliphatic hydroxyl groups excluding tert-OH is 1. The molecule has 0 aliphatic carbocycles. The number of pyridine rings is 1. The number of hydrogen-bond acceptors (Lipinski definition) is 4. The summed E-state index contributed by atoms with van der Waals surface area (Å²) in [7, 11) is 3.96. The SMILES string of the molecule is Cc1ccc(C(=O)N2CC(O)CC2CN(C)C)c(C)n1. The Morgan fingerprint density at radius 2 is 2.15 bits per heavy atom. The van der Waals surface area contributed by atoms with Crippen molar-refractivity contribution in [2.45, 2.75) is 32.4 Å². The fourth-order valence-corrected chi connectivity index (χ4v) is 2.80. The molecule has 1 aliphatic rings. The van der Waals surface area contributed by atoms with Crippen LogP contribution in [-0.4, -0.2) is 65.1 Å². The first-order valence-corrected chi connectivity index (χ1v) is 6.96. The van der Waals surface area contributed by atoms with Crippen LogP contribution >= 0.6 is 0 Å². The monoisotopic (exact) mass is 277 g/mol. The number of likely N-dealkylation sites (tertiary alicyclic amines) is 1. The minimum Gasteiger partial charge on any atom is -0.391 e. The second kappa shape index (κ2) is 5.89. The topological polar surface area (TPSA) is 56.7 Å². The molecule has 1 fully saturated rings. The summed E-state index contributed by atoms with van der Waals surface area (Å²) in [6, 6.07) is 3.75. The molecular weight excluding hydrogens is 254 g/mol. The normalized spacial score (nSPS) is 22.6. The maximum atomic E-state index is 12.7. The van der Waals surface area contributed by atoms with Gasteiger partial charge in [0, 0.05) is 24.8 Å². The van der Waals surface area contributed by atoms with Crippen LogP contribution < -0.4 is 0 Å². The number of amides is 1. The molecule has 110 valence electrons. The first kappa shape index (κ1) is 14.9. The average molecular weight is 277 g/mol. The van der Waals surface area contributed by atoms with Crippen molar-refractivity contribution in [2.75, 3.05) is 27.2 Å². The predicted molar refractivity (Wildman–Crippen MR) is 77.7 cm³/mol. The minimum absolute atomic E-state index is 0.0293. The minimum atomic E-state index is -0.428. The second-order valence-electron chi connectivity index (χ2n) is 5.85. The van der Waals surface area contributed by atoms with E-state index >= 15 is 0 Å². The van der Waals surface area contributed by atoms with Gasteiger partial charge in [0.15, 0.2) is 0 Å². The molecule has 0 spiro atoms. The van der Waals surface area contributed by atoms with E-state index in [2.05, 4.69) is 4.98 Å². The van der Waals surface area contributed by atoms with Gasteiger partial charge in [-0.2, -0.15) is 0 Å². The number of rotatable bonds is 3.